The molecule has 1 aliphatic rings. The van der Waals surface area contributed by atoms with Crippen LogP contribution in [0.3, 0.4) is 0 Å². The van der Waals surface area contributed by atoms with Crippen molar-refractivity contribution in [3.63, 3.8) is 0 Å². The predicted molar refractivity (Wildman–Crippen MR) is 132 cm³/mol. The standard InChI is InChI=1S/C27H29N3O6/c1-34-21-16-20(17-22(18-21)35-2)26(32)29-10-12-30(13-11-29)27(33)23(15-19-7-4-3-5-8-19)28-25(31)24-9-6-14-36-24/h3-9,14,16-18,23H,10-13,15H2,1-2H3,(H,28,31). The highest BCUT2D eigenvalue weighted by atomic mass is 16.5. The van der Waals surface area contributed by atoms with Crippen molar-refractivity contribution in [3.8, 4) is 11.5 Å². The largest absolute Gasteiger partial charge is 0.497 e. The summed E-state index contributed by atoms with van der Waals surface area (Å²) >= 11 is 0. The van der Waals surface area contributed by atoms with Crippen LogP contribution in [0.15, 0.2) is 71.3 Å². The number of carbonyl (C=O) groups excluding carboxylic acids is 3. The zero-order chi connectivity index (χ0) is 25.5. The summed E-state index contributed by atoms with van der Waals surface area (Å²) in [6, 6.07) is 17.0. The molecule has 4 rings (SSSR count). The maximum absolute atomic E-state index is 13.5. The van der Waals surface area contributed by atoms with Crippen molar-refractivity contribution in [2.24, 2.45) is 0 Å². The van der Waals surface area contributed by atoms with Crippen LogP contribution in [0, 0.1) is 0 Å². The molecule has 0 radical (unpaired) electrons. The van der Waals surface area contributed by atoms with Crippen molar-refractivity contribution in [2.45, 2.75) is 12.5 Å². The van der Waals surface area contributed by atoms with Crippen LogP contribution < -0.4 is 14.8 Å². The average Bonchev–Trinajstić information content (AvgIpc) is 3.47. The Kier molecular flexibility index (Phi) is 7.89. The quantitative estimate of drug-likeness (QED) is 0.520. The molecule has 3 aromatic rings. The molecule has 0 spiro atoms. The summed E-state index contributed by atoms with van der Waals surface area (Å²) in [6.07, 6.45) is 1.76. The van der Waals surface area contributed by atoms with Crippen LogP contribution in [0.5, 0.6) is 11.5 Å². The number of methoxy groups -OCH3 is 2. The lowest BCUT2D eigenvalue weighted by molar-refractivity contribution is -0.134. The number of ether oxygens (including phenoxy) is 2. The van der Waals surface area contributed by atoms with Gasteiger partial charge in [0.2, 0.25) is 5.91 Å². The number of nitrogens with zero attached hydrogens (tertiary/aromatic N) is 2. The minimum absolute atomic E-state index is 0.144. The Labute approximate surface area is 209 Å². The van der Waals surface area contributed by atoms with Gasteiger partial charge in [-0.3, -0.25) is 14.4 Å². The summed E-state index contributed by atoms with van der Waals surface area (Å²) in [7, 11) is 3.06. The van der Waals surface area contributed by atoms with E-state index in [4.69, 9.17) is 13.9 Å². The van der Waals surface area contributed by atoms with Gasteiger partial charge in [0.25, 0.3) is 11.8 Å². The van der Waals surface area contributed by atoms with E-state index >= 15 is 0 Å². The van der Waals surface area contributed by atoms with Crippen LogP contribution in [-0.2, 0) is 11.2 Å². The number of piperazine rings is 1. The van der Waals surface area contributed by atoms with Gasteiger partial charge in [0.1, 0.15) is 17.5 Å². The van der Waals surface area contributed by atoms with Crippen LogP contribution in [0.4, 0.5) is 0 Å². The maximum atomic E-state index is 13.5. The molecule has 188 valence electrons. The fraction of sp³-hybridized carbons (Fsp3) is 0.296. The number of amides is 3. The fourth-order valence-electron chi connectivity index (χ4n) is 4.15. The number of rotatable bonds is 8. The Morgan fingerprint density at radius 2 is 1.53 bits per heavy atom. The molecule has 1 aliphatic heterocycles. The molecule has 0 saturated carbocycles. The van der Waals surface area contributed by atoms with E-state index < -0.39 is 11.9 Å². The molecule has 2 aromatic carbocycles. The zero-order valence-corrected chi connectivity index (χ0v) is 20.3. The Balaban J connectivity index is 1.43. The Hall–Kier alpha value is -4.27. The topological polar surface area (TPSA) is 101 Å². The Morgan fingerprint density at radius 3 is 2.11 bits per heavy atom. The van der Waals surface area contributed by atoms with Gasteiger partial charge in [-0.2, -0.15) is 0 Å². The second kappa shape index (κ2) is 11.4. The van der Waals surface area contributed by atoms with Crippen molar-refractivity contribution in [1.82, 2.24) is 15.1 Å². The van der Waals surface area contributed by atoms with E-state index in [1.54, 1.807) is 40.1 Å². The number of benzene rings is 2. The van der Waals surface area contributed by atoms with Crippen LogP contribution in [0.1, 0.15) is 26.5 Å². The van der Waals surface area contributed by atoms with Gasteiger partial charge in [-0.15, -0.1) is 0 Å². The third-order valence-electron chi connectivity index (χ3n) is 6.11. The first-order valence-corrected chi connectivity index (χ1v) is 11.7. The van der Waals surface area contributed by atoms with Crippen LogP contribution in [0.2, 0.25) is 0 Å². The van der Waals surface area contributed by atoms with Gasteiger partial charge < -0.3 is 29.0 Å². The lowest BCUT2D eigenvalue weighted by atomic mass is 10.0. The SMILES string of the molecule is COc1cc(OC)cc(C(=O)N2CCN(C(=O)C(Cc3ccccc3)NC(=O)c3ccco3)CC2)c1. The molecule has 36 heavy (non-hydrogen) atoms. The van der Waals surface area contributed by atoms with Crippen molar-refractivity contribution >= 4 is 17.7 Å². The summed E-state index contributed by atoms with van der Waals surface area (Å²) in [6.45, 7) is 1.45. The van der Waals surface area contributed by atoms with Crippen molar-refractivity contribution in [1.29, 1.82) is 0 Å². The molecule has 9 nitrogen and oxygen atoms in total. The molecule has 1 aromatic heterocycles. The van der Waals surface area contributed by atoms with Gasteiger partial charge in [0.15, 0.2) is 5.76 Å². The molecule has 2 heterocycles. The monoisotopic (exact) mass is 491 g/mol. The summed E-state index contributed by atoms with van der Waals surface area (Å²) in [5, 5.41) is 2.82. The summed E-state index contributed by atoms with van der Waals surface area (Å²) in [5.41, 5.74) is 1.38. The molecule has 0 bridgehead atoms. The second-order valence-corrected chi connectivity index (χ2v) is 8.41. The van der Waals surface area contributed by atoms with E-state index in [-0.39, 0.29) is 17.6 Å². The van der Waals surface area contributed by atoms with Gasteiger partial charge in [0, 0.05) is 44.2 Å². The van der Waals surface area contributed by atoms with Gasteiger partial charge in [-0.1, -0.05) is 30.3 Å². The highest BCUT2D eigenvalue weighted by Gasteiger charge is 2.31. The molecule has 9 heteroatoms. The maximum Gasteiger partial charge on any atom is 0.287 e. The lowest BCUT2D eigenvalue weighted by Gasteiger charge is -2.36. The zero-order valence-electron chi connectivity index (χ0n) is 20.3. The van der Waals surface area contributed by atoms with E-state index in [0.717, 1.165) is 5.56 Å². The van der Waals surface area contributed by atoms with Crippen LogP contribution in [-0.4, -0.2) is 74.0 Å². The fourth-order valence-corrected chi connectivity index (χ4v) is 4.15. The predicted octanol–water partition coefficient (Wildman–Crippen LogP) is 2.62. The van der Waals surface area contributed by atoms with Crippen LogP contribution >= 0.6 is 0 Å². The van der Waals surface area contributed by atoms with E-state index in [2.05, 4.69) is 5.32 Å². The van der Waals surface area contributed by atoms with Crippen molar-refractivity contribution < 1.29 is 28.3 Å². The minimum atomic E-state index is -0.769. The number of hydrogen-bond acceptors (Lipinski definition) is 6. The first-order chi connectivity index (χ1) is 17.5. The number of nitrogens with one attached hydrogen (secondary N) is 1. The molecular formula is C27H29N3O6. The summed E-state index contributed by atoms with van der Waals surface area (Å²) < 4.78 is 15.7. The minimum Gasteiger partial charge on any atom is -0.497 e. The van der Waals surface area contributed by atoms with E-state index in [9.17, 15) is 14.4 Å². The van der Waals surface area contributed by atoms with E-state index in [1.807, 2.05) is 30.3 Å². The summed E-state index contributed by atoms with van der Waals surface area (Å²) in [4.78, 5) is 42.6. The number of carbonyl (C=O) groups is 3. The average molecular weight is 492 g/mol. The third kappa shape index (κ3) is 5.86. The van der Waals surface area contributed by atoms with Gasteiger partial charge in [0.05, 0.1) is 20.5 Å². The van der Waals surface area contributed by atoms with Gasteiger partial charge in [-0.25, -0.2) is 0 Å². The first-order valence-electron chi connectivity index (χ1n) is 11.7. The van der Waals surface area contributed by atoms with E-state index in [1.165, 1.54) is 20.5 Å². The van der Waals surface area contributed by atoms with Gasteiger partial charge >= 0.3 is 0 Å². The molecule has 1 atom stereocenters. The highest BCUT2D eigenvalue weighted by Crippen LogP contribution is 2.24. The molecule has 3 amide bonds. The Morgan fingerprint density at radius 1 is 0.889 bits per heavy atom. The number of hydrogen-bond donors (Lipinski definition) is 1. The lowest BCUT2D eigenvalue weighted by Crippen LogP contribution is -2.56. The van der Waals surface area contributed by atoms with Gasteiger partial charge in [-0.05, 0) is 29.8 Å². The summed E-state index contributed by atoms with van der Waals surface area (Å²) in [5.74, 6) is 0.394. The first kappa shape index (κ1) is 24.8. The van der Waals surface area contributed by atoms with Crippen molar-refractivity contribution in [2.75, 3.05) is 40.4 Å². The molecule has 1 unspecified atom stereocenters. The van der Waals surface area contributed by atoms with Crippen LogP contribution in [0.25, 0.3) is 0 Å². The molecule has 1 N–H and O–H groups in total. The Bertz CT molecular complexity index is 1170. The molecule has 0 aliphatic carbocycles. The normalized spacial score (nSPS) is 14.2. The van der Waals surface area contributed by atoms with E-state index in [0.29, 0.717) is 49.7 Å². The highest BCUT2D eigenvalue weighted by molar-refractivity contribution is 5.96. The third-order valence-corrected chi connectivity index (χ3v) is 6.11. The number of furan rings is 1. The smallest absolute Gasteiger partial charge is 0.287 e. The molecular weight excluding hydrogens is 462 g/mol. The molecule has 1 saturated heterocycles. The second-order valence-electron chi connectivity index (χ2n) is 8.41. The van der Waals surface area contributed by atoms with Crippen molar-refractivity contribution in [3.05, 3.63) is 83.8 Å². The molecule has 1 fully saturated rings.